The molecule has 0 amide bonds. The number of anilines is 1. The molecule has 0 radical (unpaired) electrons. The lowest BCUT2D eigenvalue weighted by Gasteiger charge is -2.30. The highest BCUT2D eigenvalue weighted by Crippen LogP contribution is 2.27. The average Bonchev–Trinajstić information content (AvgIpc) is 3.06. The van der Waals surface area contributed by atoms with E-state index in [4.69, 9.17) is 0 Å². The highest BCUT2D eigenvalue weighted by atomic mass is 19.1. The van der Waals surface area contributed by atoms with Crippen LogP contribution in [0.3, 0.4) is 0 Å². The standard InChI is InChI=1S/C20H22FN5/c1-20(2,3)26-18-10-11-25(13-15(18)12-22-26)19-9-8-17(23-24-19)14-4-6-16(21)7-5-14/h4-9,12H,10-11,13H2,1-3H3. The minimum atomic E-state index is -0.252. The molecule has 4 rings (SSSR count). The van der Waals surface area contributed by atoms with Gasteiger partial charge in [-0.05, 0) is 57.2 Å². The van der Waals surface area contributed by atoms with Crippen LogP contribution >= 0.6 is 0 Å². The summed E-state index contributed by atoms with van der Waals surface area (Å²) in [5.41, 5.74) is 4.15. The van der Waals surface area contributed by atoms with Gasteiger partial charge in [0.2, 0.25) is 0 Å². The van der Waals surface area contributed by atoms with Crippen molar-refractivity contribution in [3.8, 4) is 11.3 Å². The third-order valence-corrected chi connectivity index (χ3v) is 4.68. The van der Waals surface area contributed by atoms with Crippen LogP contribution in [0.4, 0.5) is 10.2 Å². The van der Waals surface area contributed by atoms with E-state index in [2.05, 4.69) is 45.6 Å². The average molecular weight is 351 g/mol. The molecule has 0 aliphatic carbocycles. The summed E-state index contributed by atoms with van der Waals surface area (Å²) < 4.78 is 15.2. The van der Waals surface area contributed by atoms with Gasteiger partial charge in [0.15, 0.2) is 5.82 Å². The van der Waals surface area contributed by atoms with Crippen molar-refractivity contribution >= 4 is 5.82 Å². The molecule has 0 N–H and O–H groups in total. The highest BCUT2D eigenvalue weighted by molar-refractivity contribution is 5.59. The molecular formula is C20H22FN5. The van der Waals surface area contributed by atoms with Gasteiger partial charge in [-0.25, -0.2) is 4.39 Å². The molecule has 3 aromatic rings. The second-order valence-corrected chi connectivity index (χ2v) is 7.65. The summed E-state index contributed by atoms with van der Waals surface area (Å²) in [5.74, 6) is 0.600. The number of rotatable bonds is 2. The Morgan fingerprint density at radius 3 is 2.42 bits per heavy atom. The highest BCUT2D eigenvalue weighted by Gasteiger charge is 2.26. The van der Waals surface area contributed by atoms with Gasteiger partial charge in [0, 0.05) is 36.3 Å². The van der Waals surface area contributed by atoms with Gasteiger partial charge in [-0.2, -0.15) is 5.10 Å². The number of halogens is 1. The molecular weight excluding hydrogens is 329 g/mol. The van der Waals surface area contributed by atoms with E-state index in [-0.39, 0.29) is 11.4 Å². The van der Waals surface area contributed by atoms with E-state index in [1.54, 1.807) is 12.1 Å². The van der Waals surface area contributed by atoms with Crippen molar-refractivity contribution in [1.82, 2.24) is 20.0 Å². The summed E-state index contributed by atoms with van der Waals surface area (Å²) in [7, 11) is 0. The molecule has 3 heterocycles. The predicted molar refractivity (Wildman–Crippen MR) is 99.4 cm³/mol. The van der Waals surface area contributed by atoms with Crippen LogP contribution in [-0.4, -0.2) is 26.5 Å². The van der Waals surface area contributed by atoms with E-state index in [9.17, 15) is 4.39 Å². The molecule has 0 unspecified atom stereocenters. The summed E-state index contributed by atoms with van der Waals surface area (Å²) in [4.78, 5) is 2.22. The minimum absolute atomic E-state index is 0.00757. The first kappa shape index (κ1) is 16.7. The maximum absolute atomic E-state index is 13.1. The van der Waals surface area contributed by atoms with Crippen molar-refractivity contribution < 1.29 is 4.39 Å². The maximum Gasteiger partial charge on any atom is 0.151 e. The first-order chi connectivity index (χ1) is 12.4. The zero-order valence-electron chi connectivity index (χ0n) is 15.3. The van der Waals surface area contributed by atoms with Crippen molar-refractivity contribution in [3.05, 3.63) is 59.7 Å². The van der Waals surface area contributed by atoms with Crippen LogP contribution in [0.15, 0.2) is 42.6 Å². The second kappa shape index (κ2) is 6.20. The largest absolute Gasteiger partial charge is 0.350 e. The zero-order chi connectivity index (χ0) is 18.3. The van der Waals surface area contributed by atoms with Crippen LogP contribution in [0.25, 0.3) is 11.3 Å². The Morgan fingerprint density at radius 2 is 1.77 bits per heavy atom. The van der Waals surface area contributed by atoms with Gasteiger partial charge in [-0.15, -0.1) is 10.2 Å². The lowest BCUT2D eigenvalue weighted by atomic mass is 10.0. The summed E-state index contributed by atoms with van der Waals surface area (Å²) in [6.45, 7) is 8.19. The molecule has 0 saturated carbocycles. The molecule has 0 spiro atoms. The number of fused-ring (bicyclic) bond motifs is 1. The van der Waals surface area contributed by atoms with Crippen molar-refractivity contribution in [3.63, 3.8) is 0 Å². The van der Waals surface area contributed by atoms with Crippen LogP contribution in [-0.2, 0) is 18.5 Å². The first-order valence-corrected chi connectivity index (χ1v) is 8.83. The summed E-state index contributed by atoms with van der Waals surface area (Å²) >= 11 is 0. The van der Waals surface area contributed by atoms with E-state index in [1.165, 1.54) is 23.4 Å². The fraction of sp³-hybridized carbons (Fsp3) is 0.350. The molecule has 1 aliphatic rings. The topological polar surface area (TPSA) is 46.8 Å². The van der Waals surface area contributed by atoms with Gasteiger partial charge < -0.3 is 4.90 Å². The predicted octanol–water partition coefficient (Wildman–Crippen LogP) is 3.80. The maximum atomic E-state index is 13.1. The zero-order valence-corrected chi connectivity index (χ0v) is 15.3. The number of hydrogen-bond donors (Lipinski definition) is 0. The van der Waals surface area contributed by atoms with Crippen LogP contribution in [0, 0.1) is 5.82 Å². The summed E-state index contributed by atoms with van der Waals surface area (Å²) in [5, 5.41) is 13.3. The summed E-state index contributed by atoms with van der Waals surface area (Å²) in [6, 6.07) is 10.2. The van der Waals surface area contributed by atoms with Gasteiger partial charge in [0.1, 0.15) is 5.82 Å². The molecule has 5 nitrogen and oxygen atoms in total. The molecule has 134 valence electrons. The SMILES string of the molecule is CC(C)(C)n1ncc2c1CCN(c1ccc(-c3ccc(F)cc3)nn1)C2. The quantitative estimate of drug-likeness (QED) is 0.705. The van der Waals surface area contributed by atoms with E-state index in [1.807, 2.05) is 18.3 Å². The van der Waals surface area contributed by atoms with Crippen LogP contribution in [0.1, 0.15) is 32.0 Å². The van der Waals surface area contributed by atoms with Gasteiger partial charge >= 0.3 is 0 Å². The first-order valence-electron chi connectivity index (χ1n) is 8.83. The third kappa shape index (κ3) is 3.07. The van der Waals surface area contributed by atoms with Gasteiger partial charge in [0.05, 0.1) is 17.4 Å². The number of benzene rings is 1. The van der Waals surface area contributed by atoms with Crippen molar-refractivity contribution in [2.24, 2.45) is 0 Å². The molecule has 2 aromatic heterocycles. The lowest BCUT2D eigenvalue weighted by Crippen LogP contribution is -2.34. The Labute approximate surface area is 152 Å². The van der Waals surface area contributed by atoms with Gasteiger partial charge in [-0.3, -0.25) is 4.68 Å². The summed E-state index contributed by atoms with van der Waals surface area (Å²) in [6.07, 6.45) is 2.90. The number of aromatic nitrogens is 4. The number of nitrogens with zero attached hydrogens (tertiary/aromatic N) is 5. The normalized spacial score (nSPS) is 14.4. The molecule has 0 fully saturated rings. The fourth-order valence-corrected chi connectivity index (χ4v) is 3.37. The Balaban J connectivity index is 1.54. The lowest BCUT2D eigenvalue weighted by molar-refractivity contribution is 0.341. The fourth-order valence-electron chi connectivity index (χ4n) is 3.37. The molecule has 0 saturated heterocycles. The molecule has 0 bridgehead atoms. The molecule has 0 atom stereocenters. The van der Waals surface area contributed by atoms with Crippen LogP contribution in [0.2, 0.25) is 0 Å². The second-order valence-electron chi connectivity index (χ2n) is 7.65. The van der Waals surface area contributed by atoms with E-state index in [0.29, 0.717) is 0 Å². The Morgan fingerprint density at radius 1 is 1.00 bits per heavy atom. The van der Waals surface area contributed by atoms with Crippen molar-refractivity contribution in [1.29, 1.82) is 0 Å². The number of hydrogen-bond acceptors (Lipinski definition) is 4. The van der Waals surface area contributed by atoms with E-state index in [0.717, 1.165) is 36.6 Å². The van der Waals surface area contributed by atoms with E-state index >= 15 is 0 Å². The molecule has 26 heavy (non-hydrogen) atoms. The smallest absolute Gasteiger partial charge is 0.151 e. The molecule has 1 aromatic carbocycles. The van der Waals surface area contributed by atoms with Gasteiger partial charge in [-0.1, -0.05) is 0 Å². The molecule has 1 aliphatic heterocycles. The Bertz CT molecular complexity index is 907. The van der Waals surface area contributed by atoms with Gasteiger partial charge in [0.25, 0.3) is 0 Å². The Kier molecular flexibility index (Phi) is 3.98. The molecule has 6 heteroatoms. The van der Waals surface area contributed by atoms with Crippen molar-refractivity contribution in [2.75, 3.05) is 11.4 Å². The third-order valence-electron chi connectivity index (χ3n) is 4.68. The van der Waals surface area contributed by atoms with Crippen molar-refractivity contribution in [2.45, 2.75) is 39.3 Å². The van der Waals surface area contributed by atoms with E-state index < -0.39 is 0 Å². The Hall–Kier alpha value is -2.76. The monoisotopic (exact) mass is 351 g/mol. The van der Waals surface area contributed by atoms with Crippen LogP contribution in [0.5, 0.6) is 0 Å². The van der Waals surface area contributed by atoms with Crippen LogP contribution < -0.4 is 4.90 Å². The minimum Gasteiger partial charge on any atom is -0.350 e.